The lowest BCUT2D eigenvalue weighted by molar-refractivity contribution is -0.150. The van der Waals surface area contributed by atoms with E-state index in [4.69, 9.17) is 50.0 Å². The monoisotopic (exact) mass is 371 g/mol. The second-order valence-corrected chi connectivity index (χ2v) is 8.16. The van der Waals surface area contributed by atoms with Crippen LogP contribution in [0.3, 0.4) is 0 Å². The highest BCUT2D eigenvalue weighted by molar-refractivity contribution is 6.68. The van der Waals surface area contributed by atoms with Gasteiger partial charge in [-0.1, -0.05) is 34.8 Å². The van der Waals surface area contributed by atoms with Crippen molar-refractivity contribution in [2.75, 3.05) is 6.54 Å². The van der Waals surface area contributed by atoms with E-state index < -0.39 is 45.8 Å². The van der Waals surface area contributed by atoms with Gasteiger partial charge in [-0.25, -0.2) is 9.69 Å². The first-order valence-electron chi connectivity index (χ1n) is 6.93. The number of hydrogen-bond donors (Lipinski definition) is 2. The fourth-order valence-electron chi connectivity index (χ4n) is 3.50. The van der Waals surface area contributed by atoms with E-state index in [2.05, 4.69) is 5.32 Å². The van der Waals surface area contributed by atoms with Crippen molar-refractivity contribution in [3.63, 3.8) is 0 Å². The second kappa shape index (κ2) is 5.36. The molecule has 0 aromatic rings. The van der Waals surface area contributed by atoms with Crippen LogP contribution in [-0.4, -0.2) is 57.3 Å². The van der Waals surface area contributed by atoms with Crippen LogP contribution in [0.1, 0.15) is 19.8 Å². The Balaban J connectivity index is 1.92. The lowest BCUT2D eigenvalue weighted by atomic mass is 9.94. The van der Waals surface area contributed by atoms with Crippen LogP contribution < -0.4 is 11.1 Å². The van der Waals surface area contributed by atoms with Gasteiger partial charge in [-0.3, -0.25) is 10.1 Å². The predicted octanol–water partition coefficient (Wildman–Crippen LogP) is 0.262. The van der Waals surface area contributed by atoms with Crippen molar-refractivity contribution in [1.29, 1.82) is 0 Å². The Labute approximate surface area is 142 Å². The molecule has 124 valence electrons. The van der Waals surface area contributed by atoms with Gasteiger partial charge < -0.3 is 15.2 Å². The Morgan fingerprint density at radius 1 is 1.50 bits per heavy atom. The number of rotatable bonds is 2. The number of hydrogen-bond acceptors (Lipinski definition) is 6. The number of cyclic esters (lactones) is 1. The minimum atomic E-state index is -1.77. The maximum Gasteiger partial charge on any atom is 0.332 e. The number of primary amides is 1. The van der Waals surface area contributed by atoms with Crippen LogP contribution in [0.5, 0.6) is 0 Å². The van der Waals surface area contributed by atoms with Crippen LogP contribution >= 0.6 is 34.8 Å². The van der Waals surface area contributed by atoms with Crippen LogP contribution in [0, 0.1) is 0 Å². The molecule has 3 fully saturated rings. The zero-order valence-corrected chi connectivity index (χ0v) is 14.0. The Hall–Kier alpha value is -0.310. The van der Waals surface area contributed by atoms with Gasteiger partial charge in [0.05, 0.1) is 6.10 Å². The number of esters is 1. The number of alkyl halides is 3. The molecular formula is C12H16Cl3N3O4. The lowest BCUT2D eigenvalue weighted by Gasteiger charge is -2.35. The maximum absolute atomic E-state index is 12.5. The largest absolute Gasteiger partial charge is 0.440 e. The summed E-state index contributed by atoms with van der Waals surface area (Å²) in [6, 6.07) is -0.679. The van der Waals surface area contributed by atoms with E-state index in [1.807, 2.05) is 0 Å². The minimum Gasteiger partial charge on any atom is -0.440 e. The van der Waals surface area contributed by atoms with Gasteiger partial charge in [0.15, 0.2) is 5.54 Å². The van der Waals surface area contributed by atoms with Crippen molar-refractivity contribution in [3.8, 4) is 0 Å². The molecule has 0 aromatic carbocycles. The lowest BCUT2D eigenvalue weighted by Crippen LogP contribution is -2.61. The summed E-state index contributed by atoms with van der Waals surface area (Å²) in [5.41, 5.74) is 4.24. The maximum atomic E-state index is 12.5. The molecule has 0 bridgehead atoms. The van der Waals surface area contributed by atoms with E-state index in [0.717, 1.165) is 6.42 Å². The Kier molecular flexibility index (Phi) is 4.03. The highest BCUT2D eigenvalue weighted by atomic mass is 35.6. The van der Waals surface area contributed by atoms with Gasteiger partial charge in [0.1, 0.15) is 12.3 Å². The molecule has 0 aromatic heterocycles. The molecule has 0 aliphatic carbocycles. The summed E-state index contributed by atoms with van der Waals surface area (Å²) < 4.78 is 9.30. The van der Waals surface area contributed by atoms with E-state index in [1.165, 1.54) is 0 Å². The van der Waals surface area contributed by atoms with Crippen molar-refractivity contribution in [2.24, 2.45) is 5.73 Å². The van der Waals surface area contributed by atoms with E-state index in [9.17, 15) is 9.59 Å². The molecule has 3 saturated heterocycles. The van der Waals surface area contributed by atoms with Crippen molar-refractivity contribution >= 4 is 46.7 Å². The average molecular weight is 373 g/mol. The van der Waals surface area contributed by atoms with E-state index >= 15 is 0 Å². The number of fused-ring (bicyclic) bond motifs is 1. The summed E-state index contributed by atoms with van der Waals surface area (Å²) in [6.07, 6.45) is -0.977. The van der Waals surface area contributed by atoms with Crippen LogP contribution in [0.15, 0.2) is 0 Å². The molecule has 3 rings (SSSR count). The fourth-order valence-corrected chi connectivity index (χ4v) is 3.99. The fraction of sp³-hybridized carbons (Fsp3) is 0.833. The number of ether oxygens (including phenoxy) is 2. The van der Waals surface area contributed by atoms with Gasteiger partial charge >= 0.3 is 5.97 Å². The predicted molar refractivity (Wildman–Crippen MR) is 79.3 cm³/mol. The summed E-state index contributed by atoms with van der Waals surface area (Å²) in [5, 5.41) is 2.98. The van der Waals surface area contributed by atoms with Crippen molar-refractivity contribution in [1.82, 2.24) is 10.2 Å². The zero-order chi connectivity index (χ0) is 16.3. The third-order valence-electron chi connectivity index (χ3n) is 4.50. The summed E-state index contributed by atoms with van der Waals surface area (Å²) in [7, 11) is 0. The molecule has 0 saturated carbocycles. The molecule has 10 heteroatoms. The number of nitrogens with zero attached hydrogens (tertiary/aromatic N) is 1. The molecule has 3 heterocycles. The molecule has 22 heavy (non-hydrogen) atoms. The molecule has 3 unspecified atom stereocenters. The van der Waals surface area contributed by atoms with Crippen molar-refractivity contribution < 1.29 is 19.1 Å². The molecule has 3 aliphatic heterocycles. The number of nitrogens with two attached hydrogens (primary N) is 1. The number of halogens is 3. The second-order valence-electron chi connectivity index (χ2n) is 5.79. The minimum absolute atomic E-state index is 0.459. The third-order valence-corrected chi connectivity index (χ3v) is 5.06. The molecule has 5 atom stereocenters. The zero-order valence-electron chi connectivity index (χ0n) is 11.7. The average Bonchev–Trinajstić information content (AvgIpc) is 3.02. The first-order chi connectivity index (χ1) is 10.2. The Morgan fingerprint density at radius 3 is 2.73 bits per heavy atom. The summed E-state index contributed by atoms with van der Waals surface area (Å²) >= 11 is 17.8. The number of carbonyl (C=O) groups is 2. The summed E-state index contributed by atoms with van der Waals surface area (Å²) in [5.74, 6) is -1.06. The quantitative estimate of drug-likeness (QED) is 0.533. The van der Waals surface area contributed by atoms with E-state index in [-0.39, 0.29) is 0 Å². The first kappa shape index (κ1) is 16.5. The van der Waals surface area contributed by atoms with Gasteiger partial charge in [-0.2, -0.15) is 0 Å². The van der Waals surface area contributed by atoms with Crippen molar-refractivity contribution in [3.05, 3.63) is 0 Å². The normalized spacial score (nSPS) is 42.5. The van der Waals surface area contributed by atoms with E-state index in [1.54, 1.807) is 11.8 Å². The number of nitrogens with one attached hydrogen (secondary N) is 1. The molecule has 3 N–H and O–H groups in total. The number of carbonyl (C=O) groups excluding carboxylic acids is 2. The van der Waals surface area contributed by atoms with E-state index in [0.29, 0.717) is 13.0 Å². The number of amides is 1. The van der Waals surface area contributed by atoms with Gasteiger partial charge in [-0.15, -0.1) is 0 Å². The highest BCUT2D eigenvalue weighted by Gasteiger charge is 2.67. The third kappa shape index (κ3) is 2.30. The molecule has 7 nitrogen and oxygen atoms in total. The van der Waals surface area contributed by atoms with Crippen LogP contribution in [0.4, 0.5) is 0 Å². The summed E-state index contributed by atoms with van der Waals surface area (Å²) in [4.78, 5) is 25.7. The SMILES string of the molecule is CC1OC([C@]23CCCN2C(C(Cl)(Cl)Cl)OC3=O)N[C@@H]1C(N)=O. The summed E-state index contributed by atoms with van der Waals surface area (Å²) in [6.45, 7) is 2.24. The van der Waals surface area contributed by atoms with Gasteiger partial charge in [0.2, 0.25) is 15.9 Å². The van der Waals surface area contributed by atoms with Gasteiger partial charge in [0.25, 0.3) is 0 Å². The van der Waals surface area contributed by atoms with Crippen LogP contribution in [0.2, 0.25) is 0 Å². The Bertz CT molecular complexity index is 514. The standard InChI is InChI=1S/C12H16Cl3N3O4/c1-5-6(7(16)19)17-8(21-5)11-3-2-4-18(11)9(12(13,14)15)22-10(11)20/h5-6,8-9,17H,2-4H2,1H3,(H2,16,19)/t5?,6-,8?,9?,11-/m0/s1. The molecule has 3 aliphatic rings. The van der Waals surface area contributed by atoms with Gasteiger partial charge in [0, 0.05) is 6.54 Å². The molecular weight excluding hydrogens is 357 g/mol. The highest BCUT2D eigenvalue weighted by Crippen LogP contribution is 2.49. The van der Waals surface area contributed by atoms with Crippen LogP contribution in [0.25, 0.3) is 0 Å². The Morgan fingerprint density at radius 2 is 2.18 bits per heavy atom. The molecule has 0 spiro atoms. The van der Waals surface area contributed by atoms with Gasteiger partial charge in [-0.05, 0) is 19.8 Å². The molecule has 1 amide bonds. The smallest absolute Gasteiger partial charge is 0.332 e. The molecule has 0 radical (unpaired) electrons. The first-order valence-corrected chi connectivity index (χ1v) is 8.06. The van der Waals surface area contributed by atoms with Crippen LogP contribution in [-0.2, 0) is 19.1 Å². The topological polar surface area (TPSA) is 93.9 Å². The van der Waals surface area contributed by atoms with Crippen molar-refractivity contribution in [2.45, 2.75) is 53.7 Å².